The highest BCUT2D eigenvalue weighted by molar-refractivity contribution is 8.16. The lowest BCUT2D eigenvalue weighted by Crippen LogP contribution is -2.12. The number of hydrogen-bond donors (Lipinski definition) is 0. The average Bonchev–Trinajstić information content (AvgIpc) is 2.80. The molecular weight excluding hydrogens is 222 g/mol. The molecule has 0 amide bonds. The van der Waals surface area contributed by atoms with E-state index in [0.717, 1.165) is 0 Å². The molecule has 3 nitrogen and oxygen atoms in total. The van der Waals surface area contributed by atoms with Gasteiger partial charge in [-0.1, -0.05) is 42.1 Å². The molecule has 1 aromatic carbocycles. The summed E-state index contributed by atoms with van der Waals surface area (Å²) in [6, 6.07) is 10.1. The minimum atomic E-state index is -0.300. The Morgan fingerprint density at radius 3 is 2.94 bits per heavy atom. The lowest BCUT2D eigenvalue weighted by molar-refractivity contribution is -0.134. The maximum atomic E-state index is 11.4. The van der Waals surface area contributed by atoms with Crippen molar-refractivity contribution in [3.63, 3.8) is 0 Å². The minimum absolute atomic E-state index is 0.251. The Labute approximate surface area is 98.9 Å². The number of rotatable bonds is 3. The van der Waals surface area contributed by atoms with Crippen molar-refractivity contribution in [3.05, 3.63) is 35.9 Å². The van der Waals surface area contributed by atoms with Crippen molar-refractivity contribution < 1.29 is 9.53 Å². The fourth-order valence-electron chi connectivity index (χ4n) is 1.52. The van der Waals surface area contributed by atoms with Crippen molar-refractivity contribution in [3.8, 4) is 0 Å². The van der Waals surface area contributed by atoms with E-state index in [-0.39, 0.29) is 11.2 Å². The van der Waals surface area contributed by atoms with Crippen LogP contribution in [0.2, 0.25) is 0 Å². The first kappa shape index (κ1) is 11.2. The van der Waals surface area contributed by atoms with Crippen LogP contribution in [0.4, 0.5) is 0 Å². The van der Waals surface area contributed by atoms with Gasteiger partial charge in [0.25, 0.3) is 0 Å². The molecule has 84 valence electrons. The van der Waals surface area contributed by atoms with Gasteiger partial charge in [0, 0.05) is 0 Å². The molecule has 0 saturated carbocycles. The molecule has 2 rings (SSSR count). The van der Waals surface area contributed by atoms with Crippen LogP contribution in [-0.4, -0.2) is 24.2 Å². The molecule has 0 radical (unpaired) electrons. The first-order chi connectivity index (χ1) is 7.81. The molecule has 1 aliphatic heterocycles. The smallest absolute Gasteiger partial charge is 0.363 e. The molecule has 1 heterocycles. The molecule has 0 aromatic heterocycles. The molecule has 0 spiro atoms. The van der Waals surface area contributed by atoms with Crippen LogP contribution in [0.5, 0.6) is 0 Å². The Morgan fingerprint density at radius 2 is 2.25 bits per heavy atom. The lowest BCUT2D eigenvalue weighted by atomic mass is 10.1. The number of ether oxygens (including phenoxy) is 1. The highest BCUT2D eigenvalue weighted by Crippen LogP contribution is 2.35. The third-order valence-electron chi connectivity index (χ3n) is 2.28. The van der Waals surface area contributed by atoms with Crippen molar-refractivity contribution in [2.24, 2.45) is 4.99 Å². The molecule has 4 heteroatoms. The summed E-state index contributed by atoms with van der Waals surface area (Å²) in [5, 5.41) is 0.747. The van der Waals surface area contributed by atoms with Gasteiger partial charge in [-0.2, -0.15) is 0 Å². The number of benzene rings is 1. The highest BCUT2D eigenvalue weighted by atomic mass is 32.2. The Bertz CT molecular complexity index is 403. The summed E-state index contributed by atoms with van der Waals surface area (Å²) in [4.78, 5) is 15.7. The Morgan fingerprint density at radius 1 is 1.50 bits per heavy atom. The van der Waals surface area contributed by atoms with Gasteiger partial charge in [-0.3, -0.25) is 4.99 Å². The molecule has 0 N–H and O–H groups in total. The fourth-order valence-corrected chi connectivity index (χ4v) is 2.54. The van der Waals surface area contributed by atoms with E-state index >= 15 is 0 Å². The molecule has 0 aliphatic carbocycles. The number of esters is 1. The highest BCUT2D eigenvalue weighted by Gasteiger charge is 2.26. The predicted molar refractivity (Wildman–Crippen MR) is 65.7 cm³/mol. The monoisotopic (exact) mass is 235 g/mol. The van der Waals surface area contributed by atoms with Crippen LogP contribution >= 0.6 is 11.8 Å². The largest absolute Gasteiger partial charge is 0.461 e. The van der Waals surface area contributed by atoms with Gasteiger partial charge in [0.15, 0.2) is 5.04 Å². The van der Waals surface area contributed by atoms with Crippen molar-refractivity contribution in [1.82, 2.24) is 0 Å². The number of thioether (sulfide) groups is 1. The number of carbonyl (C=O) groups excluding carboxylic acids is 1. The van der Waals surface area contributed by atoms with E-state index in [1.807, 2.05) is 18.2 Å². The molecule has 1 aliphatic rings. The van der Waals surface area contributed by atoms with E-state index in [0.29, 0.717) is 18.2 Å². The number of carbonyl (C=O) groups is 1. The maximum Gasteiger partial charge on any atom is 0.363 e. The summed E-state index contributed by atoms with van der Waals surface area (Å²) in [5.41, 5.74) is 1.20. The number of aliphatic imine (C=N–C) groups is 1. The molecule has 0 bridgehead atoms. The lowest BCUT2D eigenvalue weighted by Gasteiger charge is -2.07. The van der Waals surface area contributed by atoms with Gasteiger partial charge in [-0.15, -0.1) is 0 Å². The zero-order valence-electron chi connectivity index (χ0n) is 9.05. The number of nitrogens with zero attached hydrogens (tertiary/aromatic N) is 1. The normalized spacial score (nSPS) is 19.3. The van der Waals surface area contributed by atoms with Crippen LogP contribution in [0, 0.1) is 0 Å². The van der Waals surface area contributed by atoms with Gasteiger partial charge < -0.3 is 4.74 Å². The van der Waals surface area contributed by atoms with E-state index in [1.165, 1.54) is 17.3 Å². The zero-order valence-corrected chi connectivity index (χ0v) is 9.87. The first-order valence-corrected chi connectivity index (χ1v) is 6.12. The molecule has 16 heavy (non-hydrogen) atoms. The van der Waals surface area contributed by atoms with Crippen LogP contribution < -0.4 is 0 Å². The van der Waals surface area contributed by atoms with E-state index in [2.05, 4.69) is 17.1 Å². The van der Waals surface area contributed by atoms with E-state index in [1.54, 1.807) is 6.92 Å². The fraction of sp³-hybridized carbons (Fsp3) is 0.333. The topological polar surface area (TPSA) is 38.7 Å². The van der Waals surface area contributed by atoms with Gasteiger partial charge in [0.1, 0.15) is 0 Å². The molecule has 1 aromatic rings. The van der Waals surface area contributed by atoms with Crippen LogP contribution in [0.3, 0.4) is 0 Å². The van der Waals surface area contributed by atoms with Gasteiger partial charge >= 0.3 is 5.97 Å². The van der Waals surface area contributed by atoms with Crippen molar-refractivity contribution >= 4 is 22.8 Å². The van der Waals surface area contributed by atoms with Crippen LogP contribution in [-0.2, 0) is 9.53 Å². The van der Waals surface area contributed by atoms with Gasteiger partial charge in [0.05, 0.1) is 18.4 Å². The molecule has 0 saturated heterocycles. The van der Waals surface area contributed by atoms with Gasteiger partial charge in [0.2, 0.25) is 0 Å². The standard InChI is InChI=1S/C12H13NO2S/c1-2-15-12(14)11-13-8-10(16-11)9-6-4-3-5-7-9/h3-7,10H,2,8H2,1H3/t10-/m1/s1. The summed E-state index contributed by atoms with van der Waals surface area (Å²) in [6.07, 6.45) is 0. The van der Waals surface area contributed by atoms with E-state index in [4.69, 9.17) is 4.74 Å². The van der Waals surface area contributed by atoms with Crippen LogP contribution in [0.25, 0.3) is 0 Å². The Hall–Kier alpha value is -1.29. The summed E-state index contributed by atoms with van der Waals surface area (Å²) in [6.45, 7) is 2.85. The molecule has 0 unspecified atom stereocenters. The molecule has 0 fully saturated rings. The minimum Gasteiger partial charge on any atom is -0.461 e. The summed E-state index contributed by atoms with van der Waals surface area (Å²) < 4.78 is 4.92. The molecular formula is C12H13NO2S. The summed E-state index contributed by atoms with van der Waals surface area (Å²) >= 11 is 1.49. The quantitative estimate of drug-likeness (QED) is 0.755. The van der Waals surface area contributed by atoms with E-state index < -0.39 is 0 Å². The average molecular weight is 235 g/mol. The second-order valence-electron chi connectivity index (χ2n) is 3.38. The van der Waals surface area contributed by atoms with Crippen molar-refractivity contribution in [1.29, 1.82) is 0 Å². The third kappa shape index (κ3) is 2.44. The maximum absolute atomic E-state index is 11.4. The van der Waals surface area contributed by atoms with Crippen LogP contribution in [0.1, 0.15) is 17.7 Å². The van der Waals surface area contributed by atoms with Gasteiger partial charge in [-0.25, -0.2) is 4.79 Å². The summed E-state index contributed by atoms with van der Waals surface area (Å²) in [7, 11) is 0. The Kier molecular flexibility index (Phi) is 3.62. The zero-order chi connectivity index (χ0) is 11.4. The summed E-state index contributed by atoms with van der Waals surface area (Å²) in [5.74, 6) is -0.300. The van der Waals surface area contributed by atoms with Crippen molar-refractivity contribution in [2.45, 2.75) is 12.2 Å². The first-order valence-electron chi connectivity index (χ1n) is 5.24. The molecule has 1 atom stereocenters. The third-order valence-corrected chi connectivity index (χ3v) is 3.50. The van der Waals surface area contributed by atoms with E-state index in [9.17, 15) is 4.79 Å². The van der Waals surface area contributed by atoms with Crippen LogP contribution in [0.15, 0.2) is 35.3 Å². The Balaban J connectivity index is 1.99. The number of hydrogen-bond acceptors (Lipinski definition) is 4. The second kappa shape index (κ2) is 5.16. The predicted octanol–water partition coefficient (Wildman–Crippen LogP) is 2.44. The van der Waals surface area contributed by atoms with Crippen molar-refractivity contribution in [2.75, 3.05) is 13.2 Å². The second-order valence-corrected chi connectivity index (χ2v) is 4.57. The SMILES string of the molecule is CCOC(=O)C1=NC[C@H](c2ccccc2)S1. The van der Waals surface area contributed by atoms with Gasteiger partial charge in [-0.05, 0) is 12.5 Å².